The molecule has 1 aliphatic rings. The molecule has 3 heterocycles. The topological polar surface area (TPSA) is 134 Å². The number of nitrogens with two attached hydrogens (primary N) is 1. The van der Waals surface area contributed by atoms with E-state index in [1.54, 1.807) is 29.7 Å². The zero-order valence-corrected chi connectivity index (χ0v) is 14.2. The first-order valence-corrected chi connectivity index (χ1v) is 8.04. The number of nitrogens with zero attached hydrogens (tertiary/aromatic N) is 4. The number of carbonyl (C=O) groups excluding carboxylic acids is 2. The molecule has 27 heavy (non-hydrogen) atoms. The minimum atomic E-state index is -0.644. The van der Waals surface area contributed by atoms with E-state index in [2.05, 4.69) is 15.5 Å². The number of aromatic nitrogens is 4. The van der Waals surface area contributed by atoms with Crippen molar-refractivity contribution in [1.82, 2.24) is 24.6 Å². The summed E-state index contributed by atoms with van der Waals surface area (Å²) in [4.78, 5) is 36.6. The third-order valence-electron chi connectivity index (χ3n) is 4.15. The monoisotopic (exact) mass is 366 g/mol. The van der Waals surface area contributed by atoms with Gasteiger partial charge < -0.3 is 10.5 Å². The van der Waals surface area contributed by atoms with E-state index in [0.717, 1.165) is 10.6 Å². The molecule has 0 fully saturated rings. The lowest BCUT2D eigenvalue weighted by atomic mass is 10.1. The minimum Gasteiger partial charge on any atom is -0.492 e. The van der Waals surface area contributed by atoms with Gasteiger partial charge in [0, 0.05) is 6.07 Å². The number of rotatable bonds is 4. The number of ether oxygens (including phenoxy) is 1. The first-order chi connectivity index (χ1) is 13.0. The summed E-state index contributed by atoms with van der Waals surface area (Å²) in [6.45, 7) is 2.16. The van der Waals surface area contributed by atoms with Gasteiger partial charge in [-0.3, -0.25) is 28.8 Å². The first-order valence-electron chi connectivity index (χ1n) is 8.04. The standard InChI is InChI=1S/C17H14N6O4/c1-2-27-12-4-3-9(22-7-19-20-8-22)5-11(12)23-13(24)6-10-14(15(23)18)17(26)21-16(10)25/h3-8H,2,18H2,1H3,(H,21,25,26). The van der Waals surface area contributed by atoms with Gasteiger partial charge in [-0.15, -0.1) is 10.2 Å². The lowest BCUT2D eigenvalue weighted by Crippen LogP contribution is -2.24. The Morgan fingerprint density at radius 2 is 1.85 bits per heavy atom. The molecule has 10 nitrogen and oxygen atoms in total. The smallest absolute Gasteiger partial charge is 0.262 e. The van der Waals surface area contributed by atoms with Gasteiger partial charge in [0.25, 0.3) is 17.4 Å². The van der Waals surface area contributed by atoms with Gasteiger partial charge in [0.1, 0.15) is 24.2 Å². The molecule has 0 spiro atoms. The lowest BCUT2D eigenvalue weighted by Gasteiger charge is -2.17. The van der Waals surface area contributed by atoms with E-state index < -0.39 is 17.4 Å². The summed E-state index contributed by atoms with van der Waals surface area (Å²) in [5.41, 5.74) is 6.49. The quantitative estimate of drug-likeness (QED) is 0.633. The van der Waals surface area contributed by atoms with Crippen molar-refractivity contribution in [2.45, 2.75) is 6.92 Å². The Hall–Kier alpha value is -3.95. The molecule has 0 unspecified atom stereocenters. The fourth-order valence-electron chi connectivity index (χ4n) is 2.98. The molecular weight excluding hydrogens is 352 g/mol. The Kier molecular flexibility index (Phi) is 3.73. The van der Waals surface area contributed by atoms with Gasteiger partial charge in [0.05, 0.1) is 29.1 Å². The number of pyridine rings is 1. The second kappa shape index (κ2) is 6.09. The van der Waals surface area contributed by atoms with Gasteiger partial charge in [-0.05, 0) is 25.1 Å². The van der Waals surface area contributed by atoms with Crippen molar-refractivity contribution in [3.05, 3.63) is 58.4 Å². The highest BCUT2D eigenvalue weighted by Gasteiger charge is 2.32. The Morgan fingerprint density at radius 3 is 2.56 bits per heavy atom. The molecule has 0 bridgehead atoms. The van der Waals surface area contributed by atoms with Crippen LogP contribution in [-0.2, 0) is 0 Å². The predicted molar refractivity (Wildman–Crippen MR) is 94.3 cm³/mol. The number of hydrogen-bond acceptors (Lipinski definition) is 7. The number of nitrogens with one attached hydrogen (secondary N) is 1. The SMILES string of the molecule is CCOc1ccc(-n2cnnc2)cc1-n1c(N)c2c(cc1=O)C(=O)NC2=O. The van der Waals surface area contributed by atoms with Crippen LogP contribution in [0.4, 0.5) is 5.82 Å². The van der Waals surface area contributed by atoms with Crippen LogP contribution >= 0.6 is 0 Å². The zero-order chi connectivity index (χ0) is 19.1. The van der Waals surface area contributed by atoms with E-state index in [1.165, 1.54) is 12.7 Å². The molecule has 3 aromatic rings. The Labute approximate surface area is 152 Å². The summed E-state index contributed by atoms with van der Waals surface area (Å²) in [6.07, 6.45) is 3.00. The Bertz CT molecular complexity index is 1130. The average molecular weight is 366 g/mol. The minimum absolute atomic E-state index is 0.0308. The number of benzene rings is 1. The molecule has 2 aromatic heterocycles. The average Bonchev–Trinajstić information content (AvgIpc) is 3.25. The van der Waals surface area contributed by atoms with Crippen molar-refractivity contribution in [3.63, 3.8) is 0 Å². The summed E-state index contributed by atoms with van der Waals surface area (Å²) in [7, 11) is 0. The van der Waals surface area contributed by atoms with Crippen LogP contribution in [0.15, 0.2) is 41.7 Å². The lowest BCUT2D eigenvalue weighted by molar-refractivity contribution is 0.0880. The summed E-state index contributed by atoms with van der Waals surface area (Å²) in [6, 6.07) is 6.20. The molecule has 0 aliphatic carbocycles. The third-order valence-corrected chi connectivity index (χ3v) is 4.15. The molecule has 136 valence electrons. The maximum atomic E-state index is 12.7. The van der Waals surface area contributed by atoms with Crippen molar-refractivity contribution in [2.75, 3.05) is 12.3 Å². The first kappa shape index (κ1) is 16.5. The number of amides is 2. The van der Waals surface area contributed by atoms with Crippen LogP contribution in [0.1, 0.15) is 27.6 Å². The number of fused-ring (bicyclic) bond motifs is 1. The molecule has 10 heteroatoms. The van der Waals surface area contributed by atoms with Crippen LogP contribution in [0, 0.1) is 0 Å². The highest BCUT2D eigenvalue weighted by Crippen LogP contribution is 2.29. The summed E-state index contributed by atoms with van der Waals surface area (Å²) < 4.78 is 8.41. The number of anilines is 1. The van der Waals surface area contributed by atoms with Crippen molar-refractivity contribution in [2.24, 2.45) is 0 Å². The van der Waals surface area contributed by atoms with Gasteiger partial charge >= 0.3 is 0 Å². The van der Waals surface area contributed by atoms with Gasteiger partial charge in [0.15, 0.2) is 0 Å². The van der Waals surface area contributed by atoms with E-state index in [-0.39, 0.29) is 16.9 Å². The third kappa shape index (κ3) is 2.54. The van der Waals surface area contributed by atoms with E-state index in [4.69, 9.17) is 10.5 Å². The van der Waals surface area contributed by atoms with Crippen molar-refractivity contribution in [1.29, 1.82) is 0 Å². The number of nitrogen functional groups attached to an aromatic ring is 1. The Morgan fingerprint density at radius 1 is 1.11 bits per heavy atom. The normalized spacial score (nSPS) is 12.8. The van der Waals surface area contributed by atoms with Gasteiger partial charge in [-0.25, -0.2) is 0 Å². The molecule has 1 aliphatic heterocycles. The molecule has 0 atom stereocenters. The number of hydrogen-bond donors (Lipinski definition) is 2. The summed E-state index contributed by atoms with van der Waals surface area (Å²) in [5, 5.41) is 9.66. The Balaban J connectivity index is 1.99. The fourth-order valence-corrected chi connectivity index (χ4v) is 2.98. The largest absolute Gasteiger partial charge is 0.492 e. The maximum Gasteiger partial charge on any atom is 0.262 e. The van der Waals surface area contributed by atoms with Gasteiger partial charge in [0.2, 0.25) is 0 Å². The van der Waals surface area contributed by atoms with Crippen molar-refractivity contribution in [3.8, 4) is 17.1 Å². The van der Waals surface area contributed by atoms with Crippen LogP contribution in [-0.4, -0.2) is 37.8 Å². The van der Waals surface area contributed by atoms with Crippen molar-refractivity contribution < 1.29 is 14.3 Å². The molecule has 0 saturated heterocycles. The second-order valence-corrected chi connectivity index (χ2v) is 5.73. The predicted octanol–water partition coefficient (Wildman–Crippen LogP) is 0.283. The second-order valence-electron chi connectivity index (χ2n) is 5.73. The van der Waals surface area contributed by atoms with Gasteiger partial charge in [-0.2, -0.15) is 0 Å². The molecule has 2 amide bonds. The highest BCUT2D eigenvalue weighted by atomic mass is 16.5. The van der Waals surface area contributed by atoms with Crippen LogP contribution in [0.3, 0.4) is 0 Å². The molecule has 3 N–H and O–H groups in total. The van der Waals surface area contributed by atoms with Crippen LogP contribution < -0.4 is 21.3 Å². The van der Waals surface area contributed by atoms with E-state index >= 15 is 0 Å². The molecule has 0 radical (unpaired) electrons. The molecule has 4 rings (SSSR count). The van der Waals surface area contributed by atoms with E-state index in [9.17, 15) is 14.4 Å². The van der Waals surface area contributed by atoms with Crippen molar-refractivity contribution >= 4 is 17.6 Å². The molecular formula is C17H14N6O4. The maximum absolute atomic E-state index is 12.7. The zero-order valence-electron chi connectivity index (χ0n) is 14.2. The van der Waals surface area contributed by atoms with E-state index in [0.29, 0.717) is 23.7 Å². The van der Waals surface area contributed by atoms with Gasteiger partial charge in [-0.1, -0.05) is 0 Å². The number of carbonyl (C=O) groups is 2. The fraction of sp³-hybridized carbons (Fsp3) is 0.118. The van der Waals surface area contributed by atoms with Crippen LogP contribution in [0.2, 0.25) is 0 Å². The summed E-state index contributed by atoms with van der Waals surface area (Å²) >= 11 is 0. The van der Waals surface area contributed by atoms with Crippen LogP contribution in [0.5, 0.6) is 5.75 Å². The van der Waals surface area contributed by atoms with Crippen LogP contribution in [0.25, 0.3) is 11.4 Å². The number of imide groups is 1. The summed E-state index contributed by atoms with van der Waals surface area (Å²) in [5.74, 6) is -1.03. The highest BCUT2D eigenvalue weighted by molar-refractivity contribution is 6.23. The molecule has 1 aromatic carbocycles. The van der Waals surface area contributed by atoms with E-state index in [1.807, 2.05) is 0 Å². The molecule has 0 saturated carbocycles.